The highest BCUT2D eigenvalue weighted by Crippen LogP contribution is 2.37. The monoisotopic (exact) mass is 453 g/mol. The van der Waals surface area contributed by atoms with Crippen molar-refractivity contribution < 1.29 is 28.6 Å². The van der Waals surface area contributed by atoms with Crippen molar-refractivity contribution in [3.8, 4) is 23.8 Å². The van der Waals surface area contributed by atoms with Crippen LogP contribution in [0.15, 0.2) is 21.5 Å². The van der Waals surface area contributed by atoms with Gasteiger partial charge in [-0.3, -0.25) is 14.5 Å². The van der Waals surface area contributed by atoms with Gasteiger partial charge in [-0.2, -0.15) is 0 Å². The fourth-order valence-electron chi connectivity index (χ4n) is 2.14. The summed E-state index contributed by atoms with van der Waals surface area (Å²) in [5, 5.41) is -0.415. The summed E-state index contributed by atoms with van der Waals surface area (Å²) in [5.74, 6) is 2.02. The molecule has 142 valence electrons. The van der Waals surface area contributed by atoms with Crippen LogP contribution in [0.5, 0.6) is 11.5 Å². The van der Waals surface area contributed by atoms with Gasteiger partial charge in [-0.25, -0.2) is 4.79 Å². The summed E-state index contributed by atoms with van der Waals surface area (Å²) in [6.07, 6.45) is 6.74. The molecule has 7 nitrogen and oxygen atoms in total. The van der Waals surface area contributed by atoms with Gasteiger partial charge in [0.15, 0.2) is 18.1 Å². The van der Waals surface area contributed by atoms with Crippen molar-refractivity contribution in [2.45, 2.75) is 6.92 Å². The van der Waals surface area contributed by atoms with Crippen LogP contribution in [0.25, 0.3) is 6.08 Å². The Bertz CT molecular complexity index is 845. The Hall–Kier alpha value is -2.44. The first kappa shape index (κ1) is 20.9. The quantitative estimate of drug-likeness (QED) is 0.356. The molecule has 0 spiro atoms. The van der Waals surface area contributed by atoms with Gasteiger partial charge in [0.25, 0.3) is 11.1 Å². The molecule has 0 aliphatic carbocycles. The number of halogens is 1. The highest BCUT2D eigenvalue weighted by molar-refractivity contribution is 9.10. The maximum atomic E-state index is 12.3. The van der Waals surface area contributed by atoms with Gasteiger partial charge in [-0.1, -0.05) is 21.9 Å². The third kappa shape index (κ3) is 5.05. The summed E-state index contributed by atoms with van der Waals surface area (Å²) < 4.78 is 16.1. The average molecular weight is 454 g/mol. The second-order valence-electron chi connectivity index (χ2n) is 5.09. The first-order chi connectivity index (χ1) is 12.9. The summed E-state index contributed by atoms with van der Waals surface area (Å²) in [5.41, 5.74) is 0.599. The predicted octanol–water partition coefficient (Wildman–Crippen LogP) is 3.07. The van der Waals surface area contributed by atoms with Crippen molar-refractivity contribution in [3.05, 3.63) is 27.1 Å². The van der Waals surface area contributed by atoms with Crippen LogP contribution in [0, 0.1) is 12.3 Å². The summed E-state index contributed by atoms with van der Waals surface area (Å²) in [6.45, 7) is 1.62. The maximum absolute atomic E-state index is 12.3. The van der Waals surface area contributed by atoms with E-state index in [-0.39, 0.29) is 24.7 Å². The minimum absolute atomic E-state index is 0.0763. The molecule has 1 fully saturated rings. The molecule has 0 radical (unpaired) electrons. The molecule has 0 N–H and O–H groups in total. The summed E-state index contributed by atoms with van der Waals surface area (Å²) in [6, 6.07) is 3.23. The van der Waals surface area contributed by atoms with E-state index in [1.54, 1.807) is 25.1 Å². The SMILES string of the molecule is C#CCN1C(=O)S/C(=C/c2cc(OC)c(OCC(=O)OCC)cc2Br)C1=O. The average Bonchev–Trinajstić information content (AvgIpc) is 2.89. The highest BCUT2D eigenvalue weighted by Gasteiger charge is 2.34. The number of benzene rings is 1. The van der Waals surface area contributed by atoms with Crippen molar-refractivity contribution in [2.75, 3.05) is 26.9 Å². The molecular weight excluding hydrogens is 438 g/mol. The molecule has 0 saturated carbocycles. The molecule has 1 aliphatic heterocycles. The number of rotatable bonds is 7. The lowest BCUT2D eigenvalue weighted by Crippen LogP contribution is -2.28. The van der Waals surface area contributed by atoms with Crippen molar-refractivity contribution in [3.63, 3.8) is 0 Å². The van der Waals surface area contributed by atoms with Gasteiger partial charge in [0.2, 0.25) is 0 Å². The summed E-state index contributed by atoms with van der Waals surface area (Å²) >= 11 is 4.20. The Kier molecular flexibility index (Phi) is 7.33. The fraction of sp³-hybridized carbons (Fsp3) is 0.278. The van der Waals surface area contributed by atoms with E-state index in [1.807, 2.05) is 0 Å². The van der Waals surface area contributed by atoms with Crippen LogP contribution < -0.4 is 9.47 Å². The second kappa shape index (κ2) is 9.48. The van der Waals surface area contributed by atoms with Crippen molar-refractivity contribution in [2.24, 2.45) is 0 Å². The zero-order chi connectivity index (χ0) is 20.0. The van der Waals surface area contributed by atoms with Gasteiger partial charge >= 0.3 is 5.97 Å². The van der Waals surface area contributed by atoms with Gasteiger partial charge in [-0.15, -0.1) is 6.42 Å². The number of hydrogen-bond acceptors (Lipinski definition) is 7. The molecule has 1 heterocycles. The number of amides is 2. The number of esters is 1. The van der Waals surface area contributed by atoms with Crippen molar-refractivity contribution in [1.82, 2.24) is 4.90 Å². The normalized spacial score (nSPS) is 15.0. The minimum Gasteiger partial charge on any atom is -0.493 e. The van der Waals surface area contributed by atoms with Crippen molar-refractivity contribution >= 4 is 50.9 Å². The second-order valence-corrected chi connectivity index (χ2v) is 6.94. The van der Waals surface area contributed by atoms with Crippen LogP contribution in [0.2, 0.25) is 0 Å². The van der Waals surface area contributed by atoms with E-state index < -0.39 is 17.1 Å². The lowest BCUT2D eigenvalue weighted by atomic mass is 10.2. The molecule has 0 aromatic heterocycles. The molecule has 1 aliphatic rings. The minimum atomic E-state index is -0.498. The van der Waals surface area contributed by atoms with E-state index >= 15 is 0 Å². The van der Waals surface area contributed by atoms with Crippen LogP contribution >= 0.6 is 27.7 Å². The molecule has 27 heavy (non-hydrogen) atoms. The third-order valence-electron chi connectivity index (χ3n) is 3.34. The molecular formula is C18H16BrNO6S. The molecule has 2 rings (SSSR count). The number of ether oxygens (including phenoxy) is 3. The van der Waals surface area contributed by atoms with Gasteiger partial charge in [-0.05, 0) is 42.5 Å². The maximum Gasteiger partial charge on any atom is 0.344 e. The Balaban J connectivity index is 2.26. The molecule has 0 atom stereocenters. The van der Waals surface area contributed by atoms with E-state index in [9.17, 15) is 14.4 Å². The van der Waals surface area contributed by atoms with E-state index in [2.05, 4.69) is 21.9 Å². The molecule has 9 heteroatoms. The molecule has 0 bridgehead atoms. The van der Waals surface area contributed by atoms with Crippen LogP contribution in [-0.2, 0) is 14.3 Å². The highest BCUT2D eigenvalue weighted by atomic mass is 79.9. The number of hydrogen-bond donors (Lipinski definition) is 0. The first-order valence-electron chi connectivity index (χ1n) is 7.76. The summed E-state index contributed by atoms with van der Waals surface area (Å²) in [4.78, 5) is 36.8. The molecule has 2 amide bonds. The number of nitrogens with zero attached hydrogens (tertiary/aromatic N) is 1. The van der Waals surface area contributed by atoms with Gasteiger partial charge < -0.3 is 14.2 Å². The van der Waals surface area contributed by atoms with Crippen molar-refractivity contribution in [1.29, 1.82) is 0 Å². The number of carbonyl (C=O) groups is 3. The van der Waals surface area contributed by atoms with E-state index in [0.29, 0.717) is 21.5 Å². The number of methoxy groups -OCH3 is 1. The largest absolute Gasteiger partial charge is 0.493 e. The summed E-state index contributed by atoms with van der Waals surface area (Å²) in [7, 11) is 1.45. The van der Waals surface area contributed by atoms with Crippen LogP contribution in [0.4, 0.5) is 4.79 Å². The van der Waals surface area contributed by atoms with Crippen LogP contribution in [-0.4, -0.2) is 48.9 Å². The Morgan fingerprint density at radius 2 is 2.11 bits per heavy atom. The predicted molar refractivity (Wildman–Crippen MR) is 104 cm³/mol. The number of carbonyl (C=O) groups excluding carboxylic acids is 3. The van der Waals surface area contributed by atoms with Crippen LogP contribution in [0.1, 0.15) is 12.5 Å². The number of imide groups is 1. The van der Waals surface area contributed by atoms with E-state index in [1.165, 1.54) is 7.11 Å². The van der Waals surface area contributed by atoms with Gasteiger partial charge in [0.05, 0.1) is 25.2 Å². The zero-order valence-corrected chi connectivity index (χ0v) is 17.0. The Labute approximate surface area is 169 Å². The third-order valence-corrected chi connectivity index (χ3v) is 4.94. The zero-order valence-electron chi connectivity index (χ0n) is 14.6. The molecule has 0 unspecified atom stereocenters. The van der Waals surface area contributed by atoms with Gasteiger partial charge in [0.1, 0.15) is 0 Å². The number of terminal acetylenes is 1. The van der Waals surface area contributed by atoms with E-state index in [0.717, 1.165) is 16.7 Å². The van der Waals surface area contributed by atoms with Crippen LogP contribution in [0.3, 0.4) is 0 Å². The number of thioether (sulfide) groups is 1. The first-order valence-corrected chi connectivity index (χ1v) is 9.37. The standard InChI is InChI=1S/C18H16BrNO6S/c1-4-6-20-17(22)15(27-18(20)23)8-11-7-13(24-3)14(9-12(11)19)26-10-16(21)25-5-2/h1,7-9H,5-6,10H2,2-3H3/b15-8+. The fourth-order valence-corrected chi connectivity index (χ4v) is 3.41. The molecule has 1 aromatic rings. The van der Waals surface area contributed by atoms with Gasteiger partial charge in [0, 0.05) is 4.47 Å². The molecule has 1 saturated heterocycles. The topological polar surface area (TPSA) is 82.1 Å². The molecule has 1 aromatic carbocycles. The lowest BCUT2D eigenvalue weighted by molar-refractivity contribution is -0.145. The lowest BCUT2D eigenvalue weighted by Gasteiger charge is -2.12. The Morgan fingerprint density at radius 3 is 2.74 bits per heavy atom. The smallest absolute Gasteiger partial charge is 0.344 e. The van der Waals surface area contributed by atoms with E-state index in [4.69, 9.17) is 20.6 Å². The Morgan fingerprint density at radius 1 is 1.37 bits per heavy atom.